The topological polar surface area (TPSA) is 57.9 Å². The van der Waals surface area contributed by atoms with Gasteiger partial charge in [0.25, 0.3) is 0 Å². The summed E-state index contributed by atoms with van der Waals surface area (Å²) in [6, 6.07) is 15.8. The maximum Gasteiger partial charge on any atom is 0.227 e. The Labute approximate surface area is 195 Å². The van der Waals surface area contributed by atoms with E-state index < -0.39 is 0 Å². The van der Waals surface area contributed by atoms with Crippen LogP contribution >= 0.6 is 0 Å². The number of benzene rings is 2. The van der Waals surface area contributed by atoms with Crippen LogP contribution in [0.2, 0.25) is 0 Å². The van der Waals surface area contributed by atoms with Crippen molar-refractivity contribution < 1.29 is 14.6 Å². The third-order valence-corrected chi connectivity index (χ3v) is 7.78. The maximum absolute atomic E-state index is 13.6. The lowest BCUT2D eigenvalue weighted by atomic mass is 9.68. The first-order chi connectivity index (χ1) is 16.0. The van der Waals surface area contributed by atoms with Crippen LogP contribution in [0, 0.1) is 0 Å². The summed E-state index contributed by atoms with van der Waals surface area (Å²) < 4.78 is 7.68. The zero-order valence-electron chi connectivity index (χ0n) is 19.8. The van der Waals surface area contributed by atoms with Crippen molar-refractivity contribution >= 4 is 16.8 Å². The highest BCUT2D eigenvalue weighted by atomic mass is 16.5. The van der Waals surface area contributed by atoms with Gasteiger partial charge in [0.15, 0.2) is 0 Å². The summed E-state index contributed by atoms with van der Waals surface area (Å²) in [7, 11) is 5.90. The molecule has 5 rings (SSSR count). The number of aryl methyl sites for hydroxylation is 1. The van der Waals surface area contributed by atoms with Crippen LogP contribution in [-0.4, -0.2) is 65.8 Å². The standard InChI is InChI=1S/C27H33N3O3/c1-28-13-11-27(12-14-28)18-30(24(32)15-19-7-5-4-6-8-19)23(17-31)26-25(27)21-10-9-20(33-3)16-22(21)29(26)2/h4-10,16,23,31H,11-15,17-18H2,1-3H3/t23-/m0/s1. The first-order valence-electron chi connectivity index (χ1n) is 11.8. The number of likely N-dealkylation sites (tertiary alicyclic amines) is 1. The molecule has 174 valence electrons. The van der Waals surface area contributed by atoms with Crippen molar-refractivity contribution in [2.75, 3.05) is 40.4 Å². The Balaban J connectivity index is 1.65. The van der Waals surface area contributed by atoms with E-state index in [1.54, 1.807) is 7.11 Å². The van der Waals surface area contributed by atoms with Gasteiger partial charge in [-0.1, -0.05) is 30.3 Å². The molecule has 1 atom stereocenters. The van der Waals surface area contributed by atoms with E-state index in [2.05, 4.69) is 35.7 Å². The summed E-state index contributed by atoms with van der Waals surface area (Å²) in [5.74, 6) is 0.891. The van der Waals surface area contributed by atoms with Crippen LogP contribution in [0.1, 0.15) is 35.7 Å². The third-order valence-electron chi connectivity index (χ3n) is 7.78. The number of ether oxygens (including phenoxy) is 1. The van der Waals surface area contributed by atoms with Gasteiger partial charge in [-0.05, 0) is 56.2 Å². The highest BCUT2D eigenvalue weighted by Crippen LogP contribution is 2.50. The van der Waals surface area contributed by atoms with Gasteiger partial charge >= 0.3 is 0 Å². The largest absolute Gasteiger partial charge is 0.497 e. The van der Waals surface area contributed by atoms with Crippen molar-refractivity contribution in [1.82, 2.24) is 14.4 Å². The average molecular weight is 448 g/mol. The SMILES string of the molecule is COc1ccc2c3c(n(C)c2c1)[C@H](CO)N(C(=O)Cc1ccccc1)CC31CCN(C)CC1. The Morgan fingerprint density at radius 1 is 1.12 bits per heavy atom. The normalized spacial score (nSPS) is 20.2. The highest BCUT2D eigenvalue weighted by molar-refractivity contribution is 5.90. The number of carbonyl (C=O) groups is 1. The predicted molar refractivity (Wildman–Crippen MR) is 130 cm³/mol. The first-order valence-corrected chi connectivity index (χ1v) is 11.8. The molecule has 1 saturated heterocycles. The Bertz CT molecular complexity index is 1160. The number of carbonyl (C=O) groups excluding carboxylic acids is 1. The van der Waals surface area contributed by atoms with Crippen LogP contribution in [0.3, 0.4) is 0 Å². The van der Waals surface area contributed by atoms with Gasteiger partial charge in [0.1, 0.15) is 5.75 Å². The fourth-order valence-corrected chi connectivity index (χ4v) is 5.95. The van der Waals surface area contributed by atoms with Gasteiger partial charge in [-0.3, -0.25) is 4.79 Å². The summed E-state index contributed by atoms with van der Waals surface area (Å²) in [5, 5.41) is 11.8. The Morgan fingerprint density at radius 3 is 2.52 bits per heavy atom. The van der Waals surface area contributed by atoms with Gasteiger partial charge < -0.3 is 24.2 Å². The molecular formula is C27H33N3O3. The van der Waals surface area contributed by atoms with Gasteiger partial charge in [0, 0.05) is 36.2 Å². The van der Waals surface area contributed by atoms with Crippen LogP contribution < -0.4 is 4.74 Å². The molecule has 1 amide bonds. The molecule has 0 bridgehead atoms. The number of aliphatic hydroxyl groups excluding tert-OH is 1. The summed E-state index contributed by atoms with van der Waals surface area (Å²) in [6.07, 6.45) is 2.34. The van der Waals surface area contributed by atoms with Crippen molar-refractivity contribution in [2.45, 2.75) is 30.7 Å². The summed E-state index contributed by atoms with van der Waals surface area (Å²) in [4.78, 5) is 18.0. The molecule has 3 aromatic rings. The van der Waals surface area contributed by atoms with E-state index in [0.717, 1.165) is 48.5 Å². The van der Waals surface area contributed by atoms with Crippen LogP contribution in [0.25, 0.3) is 10.9 Å². The molecule has 6 heteroatoms. The van der Waals surface area contributed by atoms with E-state index in [4.69, 9.17) is 4.74 Å². The van der Waals surface area contributed by atoms with Gasteiger partial charge in [-0.25, -0.2) is 0 Å². The number of rotatable bonds is 4. The van der Waals surface area contributed by atoms with Crippen LogP contribution in [0.4, 0.5) is 0 Å². The predicted octanol–water partition coefficient (Wildman–Crippen LogP) is 3.27. The van der Waals surface area contributed by atoms with Gasteiger partial charge in [-0.15, -0.1) is 0 Å². The molecule has 1 fully saturated rings. The van der Waals surface area contributed by atoms with E-state index in [0.29, 0.717) is 13.0 Å². The number of hydrogen-bond donors (Lipinski definition) is 1. The molecule has 6 nitrogen and oxygen atoms in total. The molecule has 0 radical (unpaired) electrons. The molecule has 2 aromatic carbocycles. The fourth-order valence-electron chi connectivity index (χ4n) is 5.95. The number of fused-ring (bicyclic) bond motifs is 4. The number of piperidine rings is 1. The second-order valence-electron chi connectivity index (χ2n) is 9.67. The molecule has 0 saturated carbocycles. The Kier molecular flexibility index (Phi) is 5.67. The number of aliphatic hydroxyl groups is 1. The smallest absolute Gasteiger partial charge is 0.227 e. The number of nitrogens with zero attached hydrogens (tertiary/aromatic N) is 3. The lowest BCUT2D eigenvalue weighted by Crippen LogP contribution is -2.55. The average Bonchev–Trinajstić information content (AvgIpc) is 3.14. The van der Waals surface area contributed by atoms with Crippen LogP contribution in [0.15, 0.2) is 48.5 Å². The highest BCUT2D eigenvalue weighted by Gasteiger charge is 2.48. The fraction of sp³-hybridized carbons (Fsp3) is 0.444. The van der Waals surface area contributed by atoms with Gasteiger partial charge in [0.05, 0.1) is 31.7 Å². The molecule has 1 spiro atoms. The Hall–Kier alpha value is -2.83. The second-order valence-corrected chi connectivity index (χ2v) is 9.67. The molecule has 2 aliphatic rings. The molecule has 3 heterocycles. The van der Waals surface area contributed by atoms with Crippen molar-refractivity contribution in [3.63, 3.8) is 0 Å². The van der Waals surface area contributed by atoms with E-state index in [-0.39, 0.29) is 24.0 Å². The zero-order valence-corrected chi connectivity index (χ0v) is 19.8. The molecular weight excluding hydrogens is 414 g/mol. The minimum atomic E-state index is -0.357. The van der Waals surface area contributed by atoms with E-state index in [1.165, 1.54) is 10.9 Å². The van der Waals surface area contributed by atoms with Crippen LogP contribution in [-0.2, 0) is 23.7 Å². The molecule has 2 aliphatic heterocycles. The van der Waals surface area contributed by atoms with Crippen molar-refractivity contribution in [3.8, 4) is 5.75 Å². The maximum atomic E-state index is 13.6. The Morgan fingerprint density at radius 2 is 1.85 bits per heavy atom. The number of hydrogen-bond acceptors (Lipinski definition) is 4. The minimum Gasteiger partial charge on any atom is -0.497 e. The molecule has 1 aromatic heterocycles. The molecule has 1 N–H and O–H groups in total. The molecule has 0 unspecified atom stereocenters. The lowest BCUT2D eigenvalue weighted by molar-refractivity contribution is -0.136. The zero-order chi connectivity index (χ0) is 23.2. The van der Waals surface area contributed by atoms with E-state index in [1.807, 2.05) is 41.3 Å². The van der Waals surface area contributed by atoms with Crippen molar-refractivity contribution in [2.24, 2.45) is 7.05 Å². The van der Waals surface area contributed by atoms with E-state index >= 15 is 0 Å². The lowest BCUT2D eigenvalue weighted by Gasteiger charge is -2.50. The van der Waals surface area contributed by atoms with Gasteiger partial charge in [-0.2, -0.15) is 0 Å². The summed E-state index contributed by atoms with van der Waals surface area (Å²) in [5.41, 5.74) is 4.36. The third kappa shape index (κ3) is 3.62. The quantitative estimate of drug-likeness (QED) is 0.667. The molecule has 33 heavy (non-hydrogen) atoms. The second kappa shape index (κ2) is 8.50. The first kappa shape index (κ1) is 22.0. The monoisotopic (exact) mass is 447 g/mol. The summed E-state index contributed by atoms with van der Waals surface area (Å²) in [6.45, 7) is 2.55. The number of aromatic nitrogens is 1. The van der Waals surface area contributed by atoms with Gasteiger partial charge in [0.2, 0.25) is 5.91 Å². The number of methoxy groups -OCH3 is 1. The van der Waals surface area contributed by atoms with Crippen LogP contribution in [0.5, 0.6) is 5.75 Å². The minimum absolute atomic E-state index is 0.0760. The number of amides is 1. The summed E-state index contributed by atoms with van der Waals surface area (Å²) >= 11 is 0. The van der Waals surface area contributed by atoms with Crippen molar-refractivity contribution in [1.29, 1.82) is 0 Å². The van der Waals surface area contributed by atoms with Crippen molar-refractivity contribution in [3.05, 3.63) is 65.4 Å². The van der Waals surface area contributed by atoms with E-state index in [9.17, 15) is 9.90 Å². The molecule has 0 aliphatic carbocycles.